The Morgan fingerprint density at radius 1 is 1.30 bits per heavy atom. The highest BCUT2D eigenvalue weighted by molar-refractivity contribution is 5.89. The summed E-state index contributed by atoms with van der Waals surface area (Å²) in [5.74, 6) is 1.08. The lowest BCUT2D eigenvalue weighted by molar-refractivity contribution is -0.384. The third-order valence-corrected chi connectivity index (χ3v) is 5.47. The number of aromatic amines is 1. The fourth-order valence-corrected chi connectivity index (χ4v) is 4.00. The van der Waals surface area contributed by atoms with Gasteiger partial charge in [0.15, 0.2) is 5.65 Å². The van der Waals surface area contributed by atoms with Crippen molar-refractivity contribution in [3.63, 3.8) is 0 Å². The molecule has 0 amide bonds. The van der Waals surface area contributed by atoms with E-state index < -0.39 is 0 Å². The normalized spacial score (nSPS) is 17.3. The van der Waals surface area contributed by atoms with Crippen molar-refractivity contribution in [3.8, 4) is 11.3 Å². The highest BCUT2D eigenvalue weighted by Gasteiger charge is 2.32. The molecule has 1 fully saturated rings. The molecular weight excluding hydrogens is 408 g/mol. The van der Waals surface area contributed by atoms with Crippen LogP contribution in [0.15, 0.2) is 36.3 Å². The molecule has 1 aromatic carbocycles. The molecule has 2 aliphatic heterocycles. The van der Waals surface area contributed by atoms with Crippen molar-refractivity contribution in [2.45, 2.75) is 0 Å². The number of halogens is 1. The average Bonchev–Trinajstić information content (AvgIpc) is 3.42. The molecule has 4 heterocycles. The number of imidazole rings is 1. The van der Waals surface area contributed by atoms with Crippen molar-refractivity contribution in [1.29, 1.82) is 0 Å². The second-order valence-electron chi connectivity index (χ2n) is 7.53. The Bertz CT molecular complexity index is 1160. The van der Waals surface area contributed by atoms with Crippen LogP contribution in [-0.2, 0) is 0 Å². The molecule has 0 bridgehead atoms. The number of aromatic nitrogens is 4. The second kappa shape index (κ2) is 7.45. The number of nitro groups is 1. The topological polar surface area (TPSA) is 116 Å². The van der Waals surface area contributed by atoms with E-state index in [-0.39, 0.29) is 23.0 Å². The Morgan fingerprint density at radius 2 is 2.13 bits per heavy atom. The molecule has 11 heteroatoms. The molecule has 0 spiro atoms. The maximum Gasteiger partial charge on any atom is 0.293 e. The molecule has 1 saturated heterocycles. The molecule has 2 N–H and O–H groups in total. The third kappa shape index (κ3) is 3.18. The number of rotatable bonds is 4. The van der Waals surface area contributed by atoms with Gasteiger partial charge in [0.1, 0.15) is 16.9 Å². The maximum absolute atomic E-state index is 11.6. The van der Waals surface area contributed by atoms with Gasteiger partial charge in [0.25, 0.3) is 5.69 Å². The van der Waals surface area contributed by atoms with Gasteiger partial charge in [-0.05, 0) is 17.8 Å². The summed E-state index contributed by atoms with van der Waals surface area (Å²) in [5.41, 5.74) is 4.37. The lowest BCUT2D eigenvalue weighted by atomic mass is 10.1. The van der Waals surface area contributed by atoms with Crippen LogP contribution >= 0.6 is 12.4 Å². The van der Waals surface area contributed by atoms with Gasteiger partial charge < -0.3 is 20.1 Å². The molecule has 1 atom stereocenters. The number of hydrogen-bond acceptors (Lipinski definition) is 8. The Balaban J connectivity index is 0.00000218. The van der Waals surface area contributed by atoms with Gasteiger partial charge in [-0.3, -0.25) is 10.1 Å². The Labute approximate surface area is 178 Å². The smallest absolute Gasteiger partial charge is 0.293 e. The molecule has 156 valence electrons. The van der Waals surface area contributed by atoms with E-state index in [1.165, 1.54) is 5.57 Å². The van der Waals surface area contributed by atoms with Gasteiger partial charge in [-0.15, -0.1) is 12.4 Å². The molecule has 1 unspecified atom stereocenters. The standard InChI is InChI=1S/C19H20N8O2.ClH/c1-25(2)14-4-3-11(5-15(14)27(28)29)16-17-18(22-10-21-17)24-19(23-16)26-8-12-6-20-7-13(12)9-26;/h3-6,10,13,20H,7-9H2,1-2H3,(H,21,22,23,24);1H. The zero-order valence-corrected chi connectivity index (χ0v) is 17.3. The number of H-pyrrole nitrogens is 1. The number of fused-ring (bicyclic) bond motifs is 2. The van der Waals surface area contributed by atoms with Crippen LogP contribution < -0.4 is 15.1 Å². The van der Waals surface area contributed by atoms with E-state index in [2.05, 4.69) is 31.4 Å². The summed E-state index contributed by atoms with van der Waals surface area (Å²) in [6.07, 6.45) is 3.64. The summed E-state index contributed by atoms with van der Waals surface area (Å²) < 4.78 is 0. The van der Waals surface area contributed by atoms with Crippen LogP contribution in [-0.4, -0.2) is 58.6 Å². The van der Waals surface area contributed by atoms with Crippen molar-refractivity contribution in [2.75, 3.05) is 43.5 Å². The fourth-order valence-electron chi connectivity index (χ4n) is 4.00. The number of hydrogen-bond donors (Lipinski definition) is 2. The van der Waals surface area contributed by atoms with E-state index in [1.54, 1.807) is 37.5 Å². The lowest BCUT2D eigenvalue weighted by Crippen LogP contribution is -2.25. The van der Waals surface area contributed by atoms with Gasteiger partial charge in [0.05, 0.1) is 11.3 Å². The first-order valence-corrected chi connectivity index (χ1v) is 9.36. The quantitative estimate of drug-likeness (QED) is 0.480. The number of benzene rings is 1. The zero-order chi connectivity index (χ0) is 20.1. The van der Waals surface area contributed by atoms with E-state index in [0.29, 0.717) is 40.0 Å². The predicted molar refractivity (Wildman–Crippen MR) is 117 cm³/mol. The first-order chi connectivity index (χ1) is 14.0. The SMILES string of the molecule is CN(C)c1ccc(-c2nc(N3CC4=CNCC4C3)nc3[nH]cnc23)cc1[N+](=O)[O-].Cl. The molecule has 2 aromatic heterocycles. The van der Waals surface area contributed by atoms with Crippen LogP contribution in [0, 0.1) is 16.0 Å². The van der Waals surface area contributed by atoms with Crippen LogP contribution in [0.25, 0.3) is 22.4 Å². The average molecular weight is 429 g/mol. The van der Waals surface area contributed by atoms with Crippen molar-refractivity contribution in [2.24, 2.45) is 5.92 Å². The minimum Gasteiger partial charge on any atom is -0.390 e. The summed E-state index contributed by atoms with van der Waals surface area (Å²) in [4.78, 5) is 31.9. The van der Waals surface area contributed by atoms with Gasteiger partial charge >= 0.3 is 0 Å². The van der Waals surface area contributed by atoms with Gasteiger partial charge in [-0.1, -0.05) is 6.07 Å². The molecule has 0 saturated carbocycles. The van der Waals surface area contributed by atoms with Crippen LogP contribution in [0.4, 0.5) is 17.3 Å². The van der Waals surface area contributed by atoms with Crippen LogP contribution in [0.5, 0.6) is 0 Å². The van der Waals surface area contributed by atoms with Gasteiger partial charge in [-0.25, -0.2) is 9.97 Å². The maximum atomic E-state index is 11.6. The minimum absolute atomic E-state index is 0. The largest absolute Gasteiger partial charge is 0.390 e. The number of nitrogens with zero attached hydrogens (tertiary/aromatic N) is 6. The Kier molecular flexibility index (Phi) is 4.94. The third-order valence-electron chi connectivity index (χ3n) is 5.47. The second-order valence-corrected chi connectivity index (χ2v) is 7.53. The fraction of sp³-hybridized carbons (Fsp3) is 0.316. The van der Waals surface area contributed by atoms with Crippen molar-refractivity contribution in [1.82, 2.24) is 25.3 Å². The number of nitro benzene ring substituents is 1. The predicted octanol–water partition coefficient (Wildman–Crippen LogP) is 2.34. The molecule has 2 aliphatic rings. The van der Waals surface area contributed by atoms with Crippen molar-refractivity contribution < 1.29 is 4.92 Å². The first kappa shape index (κ1) is 19.9. The van der Waals surface area contributed by atoms with Gasteiger partial charge in [0, 0.05) is 51.3 Å². The number of nitrogens with one attached hydrogen (secondary N) is 2. The summed E-state index contributed by atoms with van der Waals surface area (Å²) in [7, 11) is 3.56. The van der Waals surface area contributed by atoms with Gasteiger partial charge in [-0.2, -0.15) is 4.98 Å². The summed E-state index contributed by atoms with van der Waals surface area (Å²) in [6, 6.07) is 5.14. The highest BCUT2D eigenvalue weighted by atomic mass is 35.5. The molecule has 10 nitrogen and oxygen atoms in total. The molecule has 0 radical (unpaired) electrons. The molecule has 3 aromatic rings. The van der Waals surface area contributed by atoms with Crippen LogP contribution in [0.2, 0.25) is 0 Å². The zero-order valence-electron chi connectivity index (χ0n) is 16.5. The molecular formula is C19H21ClN8O2. The van der Waals surface area contributed by atoms with Crippen molar-refractivity contribution >= 4 is 40.9 Å². The number of anilines is 2. The van der Waals surface area contributed by atoms with Crippen molar-refractivity contribution in [3.05, 3.63) is 46.4 Å². The lowest BCUT2D eigenvalue weighted by Gasteiger charge is -2.18. The Hall–Kier alpha value is -3.40. The summed E-state index contributed by atoms with van der Waals surface area (Å²) in [6.45, 7) is 2.55. The highest BCUT2D eigenvalue weighted by Crippen LogP contribution is 2.35. The summed E-state index contributed by atoms with van der Waals surface area (Å²) in [5, 5.41) is 14.9. The molecule has 30 heavy (non-hydrogen) atoms. The van der Waals surface area contributed by atoms with Crippen LogP contribution in [0.1, 0.15) is 0 Å². The summed E-state index contributed by atoms with van der Waals surface area (Å²) >= 11 is 0. The Morgan fingerprint density at radius 3 is 2.87 bits per heavy atom. The molecule has 0 aliphatic carbocycles. The van der Waals surface area contributed by atoms with E-state index in [9.17, 15) is 10.1 Å². The van der Waals surface area contributed by atoms with Crippen LogP contribution in [0.3, 0.4) is 0 Å². The first-order valence-electron chi connectivity index (χ1n) is 9.36. The minimum atomic E-state index is -0.371. The van der Waals surface area contributed by atoms with E-state index in [4.69, 9.17) is 4.98 Å². The monoisotopic (exact) mass is 428 g/mol. The molecule has 5 rings (SSSR count). The van der Waals surface area contributed by atoms with E-state index >= 15 is 0 Å². The van der Waals surface area contributed by atoms with E-state index in [0.717, 1.165) is 19.6 Å². The van der Waals surface area contributed by atoms with E-state index in [1.807, 2.05) is 6.07 Å². The van der Waals surface area contributed by atoms with Gasteiger partial charge in [0.2, 0.25) is 5.95 Å².